The van der Waals surface area contributed by atoms with Crippen LogP contribution < -0.4 is 4.74 Å². The van der Waals surface area contributed by atoms with Crippen molar-refractivity contribution in [2.75, 3.05) is 39.4 Å². The van der Waals surface area contributed by atoms with Gasteiger partial charge in [0.15, 0.2) is 11.3 Å². The Bertz CT molecular complexity index is 1020. The average Bonchev–Trinajstić information content (AvgIpc) is 3.24. The van der Waals surface area contributed by atoms with Gasteiger partial charge in [-0.05, 0) is 64.2 Å². The average molecular weight is 469 g/mol. The molecule has 34 heavy (non-hydrogen) atoms. The number of morpholine rings is 1. The van der Waals surface area contributed by atoms with Crippen LogP contribution in [0.3, 0.4) is 0 Å². The molecule has 1 fully saturated rings. The predicted octanol–water partition coefficient (Wildman–Crippen LogP) is 3.08. The van der Waals surface area contributed by atoms with Gasteiger partial charge in [-0.1, -0.05) is 18.2 Å². The standard InChI is InChI=1S/C26H36N4O4/c1-4-28-14-16-33-23-12-7-6-10-21(23)11-8-9-13-26(25(28)32)19-29(15-17-34-26)24(31)22-18-20(3)30(5-2)27-22/h6-7,10,12,18H,4-5,8-9,11,13-17,19H2,1-3H3. The lowest BCUT2D eigenvalue weighted by Crippen LogP contribution is -2.62. The normalized spacial score (nSPS) is 22.0. The first kappa shape index (κ1) is 24.3. The van der Waals surface area contributed by atoms with Gasteiger partial charge in [0, 0.05) is 25.3 Å². The van der Waals surface area contributed by atoms with Gasteiger partial charge in [0.25, 0.3) is 11.8 Å². The van der Waals surface area contributed by atoms with E-state index in [1.54, 1.807) is 9.80 Å². The third-order valence-electron chi connectivity index (χ3n) is 6.90. The number of ether oxygens (including phenoxy) is 2. The Labute approximate surface area is 201 Å². The predicted molar refractivity (Wildman–Crippen MR) is 129 cm³/mol. The summed E-state index contributed by atoms with van der Waals surface area (Å²) in [4.78, 5) is 30.7. The summed E-state index contributed by atoms with van der Waals surface area (Å²) in [5.74, 6) is 0.700. The Morgan fingerprint density at radius 3 is 2.71 bits per heavy atom. The monoisotopic (exact) mass is 468 g/mol. The van der Waals surface area contributed by atoms with E-state index in [2.05, 4.69) is 11.2 Å². The maximum absolute atomic E-state index is 13.8. The van der Waals surface area contributed by atoms with E-state index in [9.17, 15) is 9.59 Å². The van der Waals surface area contributed by atoms with Crippen molar-refractivity contribution in [2.24, 2.45) is 0 Å². The number of amides is 2. The SMILES string of the molecule is CCN1CCOc2ccccc2CCCCC2(CN(C(=O)c3cc(C)n(CC)n3)CCO2)C1=O. The molecule has 0 aliphatic carbocycles. The van der Waals surface area contributed by atoms with Gasteiger partial charge in [0.05, 0.1) is 19.7 Å². The minimum atomic E-state index is -1.04. The highest BCUT2D eigenvalue weighted by atomic mass is 16.5. The van der Waals surface area contributed by atoms with E-state index in [0.717, 1.165) is 30.7 Å². The molecule has 8 nitrogen and oxygen atoms in total. The topological polar surface area (TPSA) is 76.9 Å². The number of fused-ring (bicyclic) bond motifs is 1. The molecule has 0 saturated carbocycles. The summed E-state index contributed by atoms with van der Waals surface area (Å²) in [5.41, 5.74) is 1.53. The highest BCUT2D eigenvalue weighted by Gasteiger charge is 2.46. The highest BCUT2D eigenvalue weighted by molar-refractivity contribution is 5.94. The molecule has 1 spiro atoms. The summed E-state index contributed by atoms with van der Waals surface area (Å²) in [6, 6.07) is 9.94. The third kappa shape index (κ3) is 4.97. The van der Waals surface area contributed by atoms with E-state index in [1.165, 1.54) is 5.56 Å². The summed E-state index contributed by atoms with van der Waals surface area (Å²) in [7, 11) is 0. The molecular weight excluding hydrogens is 432 g/mol. The van der Waals surface area contributed by atoms with Crippen LogP contribution in [-0.4, -0.2) is 76.4 Å². The molecule has 1 atom stereocenters. The Morgan fingerprint density at radius 2 is 1.94 bits per heavy atom. The van der Waals surface area contributed by atoms with Gasteiger partial charge in [0.1, 0.15) is 12.4 Å². The maximum Gasteiger partial charge on any atom is 0.274 e. The molecule has 2 aliphatic rings. The molecule has 8 heteroatoms. The molecule has 0 bridgehead atoms. The lowest BCUT2D eigenvalue weighted by molar-refractivity contribution is -0.170. The zero-order chi connectivity index (χ0) is 24.1. The van der Waals surface area contributed by atoms with Crippen LogP contribution in [-0.2, 0) is 22.5 Å². The fraction of sp³-hybridized carbons (Fsp3) is 0.577. The number of carbonyl (C=O) groups is 2. The second-order valence-corrected chi connectivity index (χ2v) is 9.10. The second-order valence-electron chi connectivity index (χ2n) is 9.10. The molecule has 4 rings (SSSR count). The zero-order valence-electron chi connectivity index (χ0n) is 20.6. The van der Waals surface area contributed by atoms with E-state index >= 15 is 0 Å². The number of benzene rings is 1. The Kier molecular flexibility index (Phi) is 7.56. The summed E-state index contributed by atoms with van der Waals surface area (Å²) in [6.07, 6.45) is 3.20. The first-order valence-electron chi connectivity index (χ1n) is 12.4. The molecule has 3 heterocycles. The van der Waals surface area contributed by atoms with Gasteiger partial charge in [-0.25, -0.2) is 0 Å². The number of aryl methyl sites for hydroxylation is 3. The number of carbonyl (C=O) groups excluding carboxylic acids is 2. The van der Waals surface area contributed by atoms with Crippen LogP contribution in [0.5, 0.6) is 5.75 Å². The molecule has 0 N–H and O–H groups in total. The summed E-state index contributed by atoms with van der Waals surface area (Å²) >= 11 is 0. The molecule has 1 aromatic heterocycles. The molecule has 1 saturated heterocycles. The third-order valence-corrected chi connectivity index (χ3v) is 6.90. The summed E-state index contributed by atoms with van der Waals surface area (Å²) in [5, 5.41) is 4.46. The van der Waals surface area contributed by atoms with Crippen molar-refractivity contribution in [1.29, 1.82) is 0 Å². The van der Waals surface area contributed by atoms with Gasteiger partial charge in [-0.3, -0.25) is 14.3 Å². The van der Waals surface area contributed by atoms with E-state index in [-0.39, 0.29) is 18.4 Å². The molecule has 1 aromatic carbocycles. The van der Waals surface area contributed by atoms with Gasteiger partial charge >= 0.3 is 0 Å². The van der Waals surface area contributed by atoms with Gasteiger partial charge < -0.3 is 19.3 Å². The van der Waals surface area contributed by atoms with Crippen molar-refractivity contribution >= 4 is 11.8 Å². The lowest BCUT2D eigenvalue weighted by Gasteiger charge is -2.43. The van der Waals surface area contributed by atoms with E-state index in [4.69, 9.17) is 9.47 Å². The number of likely N-dealkylation sites (N-methyl/N-ethyl adjacent to an activating group) is 1. The number of nitrogens with zero attached hydrogens (tertiary/aromatic N) is 4. The van der Waals surface area contributed by atoms with Crippen LogP contribution in [0.2, 0.25) is 0 Å². The number of para-hydroxylation sites is 1. The molecule has 2 aliphatic heterocycles. The van der Waals surface area contributed by atoms with Crippen molar-refractivity contribution in [3.63, 3.8) is 0 Å². The number of hydrogen-bond acceptors (Lipinski definition) is 5. The van der Waals surface area contributed by atoms with Crippen molar-refractivity contribution in [3.8, 4) is 5.75 Å². The second kappa shape index (κ2) is 10.6. The van der Waals surface area contributed by atoms with Crippen LogP contribution in [0.15, 0.2) is 30.3 Å². The smallest absolute Gasteiger partial charge is 0.274 e. The van der Waals surface area contributed by atoms with Crippen molar-refractivity contribution < 1.29 is 19.1 Å². The molecule has 184 valence electrons. The number of aromatic nitrogens is 2. The molecule has 2 aromatic rings. The largest absolute Gasteiger partial charge is 0.491 e. The van der Waals surface area contributed by atoms with Crippen LogP contribution in [0.25, 0.3) is 0 Å². The minimum Gasteiger partial charge on any atom is -0.491 e. The Hall–Kier alpha value is -2.87. The van der Waals surface area contributed by atoms with Crippen LogP contribution >= 0.6 is 0 Å². The summed E-state index contributed by atoms with van der Waals surface area (Å²) in [6.45, 7) is 9.12. The highest BCUT2D eigenvalue weighted by Crippen LogP contribution is 2.30. The van der Waals surface area contributed by atoms with Gasteiger partial charge in [0.2, 0.25) is 0 Å². The fourth-order valence-corrected chi connectivity index (χ4v) is 4.98. The zero-order valence-corrected chi connectivity index (χ0v) is 20.6. The fourth-order valence-electron chi connectivity index (χ4n) is 4.98. The van der Waals surface area contributed by atoms with Crippen molar-refractivity contribution in [1.82, 2.24) is 19.6 Å². The van der Waals surface area contributed by atoms with Crippen molar-refractivity contribution in [2.45, 2.75) is 58.6 Å². The van der Waals surface area contributed by atoms with Gasteiger partial charge in [-0.2, -0.15) is 5.10 Å². The molecule has 2 amide bonds. The number of rotatable bonds is 3. The summed E-state index contributed by atoms with van der Waals surface area (Å²) < 4.78 is 14.1. The molecule has 1 unspecified atom stereocenters. The maximum atomic E-state index is 13.8. The Balaban J connectivity index is 1.56. The van der Waals surface area contributed by atoms with E-state index in [1.807, 2.05) is 49.7 Å². The quantitative estimate of drug-likeness (QED) is 0.692. The Morgan fingerprint density at radius 1 is 1.12 bits per heavy atom. The molecule has 0 radical (unpaired) electrons. The van der Waals surface area contributed by atoms with Gasteiger partial charge in [-0.15, -0.1) is 0 Å². The van der Waals surface area contributed by atoms with E-state index in [0.29, 0.717) is 51.5 Å². The van der Waals surface area contributed by atoms with Crippen LogP contribution in [0.4, 0.5) is 0 Å². The van der Waals surface area contributed by atoms with E-state index < -0.39 is 5.60 Å². The lowest BCUT2D eigenvalue weighted by atomic mass is 9.91. The van der Waals surface area contributed by atoms with Crippen LogP contribution in [0.1, 0.15) is 54.9 Å². The van der Waals surface area contributed by atoms with Crippen molar-refractivity contribution in [3.05, 3.63) is 47.3 Å². The number of hydrogen-bond donors (Lipinski definition) is 0. The molecular formula is C26H36N4O4. The first-order valence-corrected chi connectivity index (χ1v) is 12.4. The first-order chi connectivity index (χ1) is 16.5. The van der Waals surface area contributed by atoms with Crippen LogP contribution in [0, 0.1) is 6.92 Å². The minimum absolute atomic E-state index is 0.0553.